The van der Waals surface area contributed by atoms with Crippen molar-refractivity contribution in [3.8, 4) is 0 Å². The van der Waals surface area contributed by atoms with Crippen LogP contribution in [0.4, 0.5) is 14.5 Å². The second-order valence-corrected chi connectivity index (χ2v) is 8.81. The van der Waals surface area contributed by atoms with Gasteiger partial charge in [0.15, 0.2) is 0 Å². The number of carbonyl (C=O) groups excluding carboxylic acids is 2. The quantitative estimate of drug-likeness (QED) is 0.631. The molecule has 0 aliphatic rings. The van der Waals surface area contributed by atoms with Gasteiger partial charge in [-0.25, -0.2) is 17.2 Å². The standard InChI is InChI=1S/C21H25F2N3O4S/c1-4-24-21(28)15(2)25(13-16-9-5-6-10-17(16)22)20(27)14-26(31(3,29)30)19-12-8-7-11-18(19)23/h5-12,15H,4,13-14H2,1-3H3,(H,24,28)/t15-/m0/s1. The lowest BCUT2D eigenvalue weighted by Gasteiger charge is -2.31. The average Bonchev–Trinajstić information content (AvgIpc) is 2.71. The molecule has 0 heterocycles. The Morgan fingerprint density at radius 2 is 1.61 bits per heavy atom. The Balaban J connectivity index is 2.41. The van der Waals surface area contributed by atoms with Crippen LogP contribution in [0.5, 0.6) is 0 Å². The number of likely N-dealkylation sites (N-methyl/N-ethyl adjacent to an activating group) is 1. The van der Waals surface area contributed by atoms with Gasteiger partial charge in [-0.1, -0.05) is 30.3 Å². The molecular weight excluding hydrogens is 428 g/mol. The van der Waals surface area contributed by atoms with Crippen molar-refractivity contribution in [3.05, 3.63) is 65.7 Å². The van der Waals surface area contributed by atoms with Crippen molar-refractivity contribution in [2.45, 2.75) is 26.4 Å². The lowest BCUT2D eigenvalue weighted by atomic mass is 10.1. The van der Waals surface area contributed by atoms with Crippen molar-refractivity contribution in [3.63, 3.8) is 0 Å². The van der Waals surface area contributed by atoms with Gasteiger partial charge in [-0.05, 0) is 32.0 Å². The molecule has 0 saturated carbocycles. The lowest BCUT2D eigenvalue weighted by Crippen LogP contribution is -2.51. The molecule has 0 fully saturated rings. The van der Waals surface area contributed by atoms with Crippen molar-refractivity contribution in [2.24, 2.45) is 0 Å². The molecule has 0 bridgehead atoms. The van der Waals surface area contributed by atoms with E-state index in [0.29, 0.717) is 10.8 Å². The van der Waals surface area contributed by atoms with Gasteiger partial charge in [-0.3, -0.25) is 13.9 Å². The van der Waals surface area contributed by atoms with Gasteiger partial charge in [0.2, 0.25) is 21.8 Å². The highest BCUT2D eigenvalue weighted by atomic mass is 32.2. The summed E-state index contributed by atoms with van der Waals surface area (Å²) < 4.78 is 53.7. The zero-order valence-corrected chi connectivity index (χ0v) is 18.3. The molecule has 0 unspecified atom stereocenters. The van der Waals surface area contributed by atoms with Crippen LogP contribution in [0.2, 0.25) is 0 Å². The van der Waals surface area contributed by atoms with Gasteiger partial charge in [0.1, 0.15) is 24.2 Å². The zero-order valence-electron chi connectivity index (χ0n) is 17.5. The number of sulfonamides is 1. The predicted molar refractivity (Wildman–Crippen MR) is 114 cm³/mol. The Morgan fingerprint density at radius 1 is 1.03 bits per heavy atom. The highest BCUT2D eigenvalue weighted by Crippen LogP contribution is 2.22. The van der Waals surface area contributed by atoms with Gasteiger partial charge in [-0.15, -0.1) is 0 Å². The SMILES string of the molecule is CCNC(=O)[C@H](C)N(Cc1ccccc1F)C(=O)CN(c1ccccc1F)S(C)(=O)=O. The van der Waals surface area contributed by atoms with Gasteiger partial charge in [0.25, 0.3) is 0 Å². The van der Waals surface area contributed by atoms with Crippen LogP contribution in [0.15, 0.2) is 48.5 Å². The Hall–Kier alpha value is -3.01. The van der Waals surface area contributed by atoms with E-state index in [1.165, 1.54) is 43.3 Å². The lowest BCUT2D eigenvalue weighted by molar-refractivity contribution is -0.139. The van der Waals surface area contributed by atoms with E-state index >= 15 is 0 Å². The molecule has 31 heavy (non-hydrogen) atoms. The van der Waals surface area contributed by atoms with Gasteiger partial charge in [0.05, 0.1) is 11.9 Å². The molecular formula is C21H25F2N3O4S. The molecule has 7 nitrogen and oxygen atoms in total. The minimum absolute atomic E-state index is 0.156. The largest absolute Gasteiger partial charge is 0.355 e. The maximum atomic E-state index is 14.3. The number of nitrogens with one attached hydrogen (secondary N) is 1. The summed E-state index contributed by atoms with van der Waals surface area (Å²) in [7, 11) is -4.04. The monoisotopic (exact) mass is 453 g/mol. The first-order valence-corrected chi connectivity index (χ1v) is 11.4. The van der Waals surface area contributed by atoms with Crippen molar-refractivity contribution in [2.75, 3.05) is 23.7 Å². The normalized spacial score (nSPS) is 12.2. The molecule has 1 atom stereocenters. The summed E-state index contributed by atoms with van der Waals surface area (Å²) in [6, 6.07) is 9.88. The van der Waals surface area contributed by atoms with Crippen LogP contribution < -0.4 is 9.62 Å². The van der Waals surface area contributed by atoms with Crippen LogP contribution in [0.3, 0.4) is 0 Å². The van der Waals surface area contributed by atoms with Crippen LogP contribution in [-0.2, 0) is 26.2 Å². The van der Waals surface area contributed by atoms with E-state index in [9.17, 15) is 26.8 Å². The van der Waals surface area contributed by atoms with E-state index < -0.39 is 46.1 Å². The summed E-state index contributed by atoms with van der Waals surface area (Å²) in [5.74, 6) is -2.66. The molecule has 0 aromatic heterocycles. The van der Waals surface area contributed by atoms with E-state index in [-0.39, 0.29) is 17.8 Å². The van der Waals surface area contributed by atoms with Crippen LogP contribution in [0, 0.1) is 11.6 Å². The van der Waals surface area contributed by atoms with E-state index in [2.05, 4.69) is 5.32 Å². The Labute approximate surface area is 180 Å². The van der Waals surface area contributed by atoms with Crippen molar-refractivity contribution >= 4 is 27.5 Å². The number of hydrogen-bond acceptors (Lipinski definition) is 4. The third-order valence-corrected chi connectivity index (χ3v) is 5.74. The van der Waals surface area contributed by atoms with E-state index in [1.54, 1.807) is 13.0 Å². The second-order valence-electron chi connectivity index (χ2n) is 6.90. The number of carbonyl (C=O) groups is 2. The molecule has 0 radical (unpaired) electrons. The highest BCUT2D eigenvalue weighted by molar-refractivity contribution is 7.92. The van der Waals surface area contributed by atoms with E-state index in [1.807, 2.05) is 0 Å². The summed E-state index contributed by atoms with van der Waals surface area (Å²) in [5, 5.41) is 2.59. The van der Waals surface area contributed by atoms with Crippen LogP contribution in [0.1, 0.15) is 19.4 Å². The van der Waals surface area contributed by atoms with Gasteiger partial charge in [-0.2, -0.15) is 0 Å². The smallest absolute Gasteiger partial charge is 0.244 e. The molecule has 10 heteroatoms. The minimum atomic E-state index is -4.04. The summed E-state index contributed by atoms with van der Waals surface area (Å²) in [4.78, 5) is 26.6. The topological polar surface area (TPSA) is 86.8 Å². The number of anilines is 1. The number of amides is 2. The number of rotatable bonds is 9. The summed E-state index contributed by atoms with van der Waals surface area (Å²) >= 11 is 0. The van der Waals surface area contributed by atoms with Gasteiger partial charge < -0.3 is 10.2 Å². The molecule has 0 aliphatic heterocycles. The maximum Gasteiger partial charge on any atom is 0.244 e. The first-order chi connectivity index (χ1) is 14.6. The third-order valence-electron chi connectivity index (χ3n) is 4.62. The number of hydrogen-bond donors (Lipinski definition) is 1. The predicted octanol–water partition coefficient (Wildman–Crippen LogP) is 2.28. The second kappa shape index (κ2) is 10.3. The molecule has 2 aromatic carbocycles. The van der Waals surface area contributed by atoms with Crippen LogP contribution >= 0.6 is 0 Å². The number of benzene rings is 2. The molecule has 1 N–H and O–H groups in total. The number of halogens is 2. The number of nitrogens with zero attached hydrogens (tertiary/aromatic N) is 2. The molecule has 2 amide bonds. The van der Waals surface area contributed by atoms with Crippen LogP contribution in [0.25, 0.3) is 0 Å². The molecule has 2 rings (SSSR count). The Morgan fingerprint density at radius 3 is 2.16 bits per heavy atom. The fraction of sp³-hybridized carbons (Fsp3) is 0.333. The summed E-state index contributed by atoms with van der Waals surface area (Å²) in [5.41, 5.74) is -0.140. The maximum absolute atomic E-state index is 14.3. The van der Waals surface area contributed by atoms with E-state index in [4.69, 9.17) is 0 Å². The average molecular weight is 454 g/mol. The number of para-hydroxylation sites is 1. The molecule has 0 saturated heterocycles. The molecule has 168 valence electrons. The minimum Gasteiger partial charge on any atom is -0.355 e. The van der Waals surface area contributed by atoms with Crippen molar-refractivity contribution in [1.82, 2.24) is 10.2 Å². The van der Waals surface area contributed by atoms with E-state index in [0.717, 1.165) is 17.2 Å². The molecule has 2 aromatic rings. The van der Waals surface area contributed by atoms with Gasteiger partial charge >= 0.3 is 0 Å². The molecule has 0 aliphatic carbocycles. The highest BCUT2D eigenvalue weighted by Gasteiger charge is 2.31. The van der Waals surface area contributed by atoms with Crippen molar-refractivity contribution < 1.29 is 26.8 Å². The fourth-order valence-corrected chi connectivity index (χ4v) is 3.81. The first kappa shape index (κ1) is 24.3. The Bertz CT molecular complexity index is 1050. The first-order valence-electron chi connectivity index (χ1n) is 9.59. The summed E-state index contributed by atoms with van der Waals surface area (Å²) in [6.45, 7) is 2.46. The molecule has 0 spiro atoms. The van der Waals surface area contributed by atoms with Gasteiger partial charge in [0, 0.05) is 18.7 Å². The third kappa shape index (κ3) is 6.24. The van der Waals surface area contributed by atoms with Crippen LogP contribution in [-0.4, -0.2) is 50.5 Å². The fourth-order valence-electron chi connectivity index (χ4n) is 2.96. The zero-order chi connectivity index (χ0) is 23.2. The Kier molecular flexibility index (Phi) is 8.09. The van der Waals surface area contributed by atoms with Crippen molar-refractivity contribution in [1.29, 1.82) is 0 Å². The summed E-state index contributed by atoms with van der Waals surface area (Å²) in [6.07, 6.45) is 0.848.